The molecule has 9 nitrogen and oxygen atoms in total. The first-order valence-electron chi connectivity index (χ1n) is 10.4. The van der Waals surface area contributed by atoms with E-state index in [4.69, 9.17) is 4.74 Å². The third-order valence-electron chi connectivity index (χ3n) is 5.67. The van der Waals surface area contributed by atoms with Gasteiger partial charge in [-0.15, -0.1) is 0 Å². The van der Waals surface area contributed by atoms with Crippen molar-refractivity contribution < 1.29 is 13.2 Å². The fourth-order valence-electron chi connectivity index (χ4n) is 3.71. The van der Waals surface area contributed by atoms with Crippen LogP contribution in [0, 0.1) is 6.92 Å². The van der Waals surface area contributed by atoms with Gasteiger partial charge in [-0.2, -0.15) is 0 Å². The van der Waals surface area contributed by atoms with Gasteiger partial charge in [0.25, 0.3) is 5.56 Å². The highest BCUT2D eigenvalue weighted by Crippen LogP contribution is 2.19. The van der Waals surface area contributed by atoms with E-state index >= 15 is 0 Å². The second-order valence-corrected chi connectivity index (χ2v) is 10.0. The van der Waals surface area contributed by atoms with E-state index in [1.807, 2.05) is 0 Å². The molecular formula is C21H30N4O5S. The molecule has 10 heteroatoms. The molecule has 0 aliphatic carbocycles. The third kappa shape index (κ3) is 4.69. The Hall–Kier alpha value is -2.59. The molecular weight excluding hydrogens is 420 g/mol. The number of aromatic nitrogens is 2. The molecule has 1 fully saturated rings. The highest BCUT2D eigenvalue weighted by atomic mass is 32.2. The summed E-state index contributed by atoms with van der Waals surface area (Å²) < 4.78 is 33.8. The second kappa shape index (κ2) is 9.27. The first-order valence-corrected chi connectivity index (χ1v) is 11.8. The zero-order valence-electron chi connectivity index (χ0n) is 18.5. The Bertz CT molecular complexity index is 1140. The molecule has 1 aliphatic heterocycles. The van der Waals surface area contributed by atoms with Gasteiger partial charge in [0.2, 0.25) is 10.0 Å². The van der Waals surface area contributed by atoms with Crippen molar-refractivity contribution in [2.75, 3.05) is 38.7 Å². The van der Waals surface area contributed by atoms with Crippen LogP contribution in [0.25, 0.3) is 0 Å². The number of sulfonamides is 1. The van der Waals surface area contributed by atoms with Crippen molar-refractivity contribution in [3.63, 3.8) is 0 Å². The Kier molecular flexibility index (Phi) is 6.90. The van der Waals surface area contributed by atoms with Crippen LogP contribution in [0.1, 0.15) is 25.0 Å². The molecule has 1 aromatic carbocycles. The molecule has 170 valence electrons. The van der Waals surface area contributed by atoms with E-state index in [-0.39, 0.29) is 29.3 Å². The molecule has 0 radical (unpaired) electrons. The number of hydrogen-bond donors (Lipinski definition) is 0. The Morgan fingerprint density at radius 1 is 1.03 bits per heavy atom. The molecule has 0 amide bonds. The highest BCUT2D eigenvalue weighted by molar-refractivity contribution is 7.89. The number of anilines is 1. The lowest BCUT2D eigenvalue weighted by Gasteiger charge is -2.30. The quantitative estimate of drug-likeness (QED) is 0.629. The van der Waals surface area contributed by atoms with Crippen LogP contribution >= 0.6 is 0 Å². The van der Waals surface area contributed by atoms with E-state index in [1.165, 1.54) is 35.4 Å². The highest BCUT2D eigenvalue weighted by Gasteiger charge is 2.21. The van der Waals surface area contributed by atoms with E-state index in [1.54, 1.807) is 26.1 Å². The molecule has 2 heterocycles. The third-order valence-corrected chi connectivity index (χ3v) is 7.50. The van der Waals surface area contributed by atoms with Crippen molar-refractivity contribution in [1.82, 2.24) is 13.4 Å². The summed E-state index contributed by atoms with van der Waals surface area (Å²) in [5.74, 6) is 0.464. The van der Waals surface area contributed by atoms with Crippen LogP contribution < -0.4 is 20.9 Å². The van der Waals surface area contributed by atoms with Gasteiger partial charge in [-0.1, -0.05) is 0 Å². The van der Waals surface area contributed by atoms with Crippen molar-refractivity contribution in [2.45, 2.75) is 37.6 Å². The molecule has 0 unspecified atom stereocenters. The van der Waals surface area contributed by atoms with E-state index < -0.39 is 10.0 Å². The summed E-state index contributed by atoms with van der Waals surface area (Å²) in [6.07, 6.45) is 3.21. The Morgan fingerprint density at radius 3 is 2.23 bits per heavy atom. The summed E-state index contributed by atoms with van der Waals surface area (Å²) >= 11 is 0. The van der Waals surface area contributed by atoms with Crippen molar-refractivity contribution in [3.8, 4) is 5.75 Å². The summed E-state index contributed by atoms with van der Waals surface area (Å²) in [6.45, 7) is 3.64. The van der Waals surface area contributed by atoms with Crippen molar-refractivity contribution in [3.05, 3.63) is 50.8 Å². The average Bonchev–Trinajstić information content (AvgIpc) is 2.76. The maximum Gasteiger partial charge on any atom is 0.331 e. The van der Waals surface area contributed by atoms with Gasteiger partial charge < -0.3 is 9.64 Å². The monoisotopic (exact) mass is 450 g/mol. The first kappa shape index (κ1) is 23.1. The van der Waals surface area contributed by atoms with Gasteiger partial charge in [-0.25, -0.2) is 17.5 Å². The van der Waals surface area contributed by atoms with Crippen molar-refractivity contribution in [2.24, 2.45) is 7.05 Å². The summed E-state index contributed by atoms with van der Waals surface area (Å²) in [7, 11) is 1.10. The summed E-state index contributed by atoms with van der Waals surface area (Å²) in [6, 6.07) is 6.06. The van der Waals surface area contributed by atoms with E-state index in [0.29, 0.717) is 17.1 Å². The zero-order valence-corrected chi connectivity index (χ0v) is 19.3. The molecule has 1 aromatic heterocycles. The van der Waals surface area contributed by atoms with E-state index in [9.17, 15) is 18.0 Å². The fourth-order valence-corrected chi connectivity index (χ4v) is 4.61. The van der Waals surface area contributed by atoms with Gasteiger partial charge >= 0.3 is 5.69 Å². The Labute approximate surface area is 182 Å². The number of rotatable bonds is 7. The lowest BCUT2D eigenvalue weighted by Crippen LogP contribution is -2.46. The smallest absolute Gasteiger partial charge is 0.331 e. The summed E-state index contributed by atoms with van der Waals surface area (Å²) in [5.41, 5.74) is 0.588. The van der Waals surface area contributed by atoms with Gasteiger partial charge in [0.15, 0.2) is 0 Å². The number of piperidine rings is 1. The van der Waals surface area contributed by atoms with Crippen LogP contribution in [0.4, 0.5) is 5.69 Å². The Balaban J connectivity index is 1.77. The zero-order chi connectivity index (χ0) is 22.8. The summed E-state index contributed by atoms with van der Waals surface area (Å²) in [5, 5.41) is 0. The molecule has 0 atom stereocenters. The predicted octanol–water partition coefficient (Wildman–Crippen LogP) is 1.18. The largest absolute Gasteiger partial charge is 0.492 e. The standard InChI is InChI=1S/C21H30N4O5S/c1-16-19(24-12-6-5-7-13-24)20(26)25(21(27)23(16)4)14-15-30-17-8-10-18(11-9-17)31(28,29)22(2)3/h8-11H,5-7,12-15H2,1-4H3. The lowest BCUT2D eigenvalue weighted by molar-refractivity contribution is 0.291. The minimum Gasteiger partial charge on any atom is -0.492 e. The second-order valence-electron chi connectivity index (χ2n) is 7.89. The molecule has 1 saturated heterocycles. The van der Waals surface area contributed by atoms with E-state index in [2.05, 4.69) is 4.90 Å². The van der Waals surface area contributed by atoms with Gasteiger partial charge in [0.1, 0.15) is 18.0 Å². The predicted molar refractivity (Wildman–Crippen MR) is 120 cm³/mol. The van der Waals surface area contributed by atoms with Crippen LogP contribution in [-0.4, -0.2) is 55.6 Å². The topological polar surface area (TPSA) is 93.8 Å². The minimum atomic E-state index is -3.51. The molecule has 1 aliphatic rings. The average molecular weight is 451 g/mol. The molecule has 0 saturated carbocycles. The number of hydrogen-bond acceptors (Lipinski definition) is 6. The minimum absolute atomic E-state index is 0.102. The van der Waals surface area contributed by atoms with Gasteiger partial charge in [0.05, 0.1) is 11.4 Å². The summed E-state index contributed by atoms with van der Waals surface area (Å²) in [4.78, 5) is 28.0. The fraction of sp³-hybridized carbons (Fsp3) is 0.524. The van der Waals surface area contributed by atoms with E-state index in [0.717, 1.165) is 36.7 Å². The lowest BCUT2D eigenvalue weighted by atomic mass is 10.1. The van der Waals surface area contributed by atoms with Gasteiger partial charge in [0, 0.05) is 39.9 Å². The van der Waals surface area contributed by atoms with Crippen molar-refractivity contribution in [1.29, 1.82) is 0 Å². The number of nitrogens with zero attached hydrogens (tertiary/aromatic N) is 4. The van der Waals surface area contributed by atoms with Crippen molar-refractivity contribution >= 4 is 15.7 Å². The van der Waals surface area contributed by atoms with Crippen LogP contribution in [0.5, 0.6) is 5.75 Å². The van der Waals surface area contributed by atoms with Crippen LogP contribution in [0.3, 0.4) is 0 Å². The molecule has 0 N–H and O–H groups in total. The first-order chi connectivity index (χ1) is 14.6. The SMILES string of the molecule is Cc1c(N2CCCCC2)c(=O)n(CCOc2ccc(S(=O)(=O)N(C)C)cc2)c(=O)n1C. The molecule has 3 rings (SSSR count). The number of ether oxygens (including phenoxy) is 1. The molecule has 0 spiro atoms. The Morgan fingerprint density at radius 2 is 1.65 bits per heavy atom. The van der Waals surface area contributed by atoms with Crippen LogP contribution in [0.2, 0.25) is 0 Å². The normalized spacial score (nSPS) is 14.8. The van der Waals surface area contributed by atoms with Gasteiger partial charge in [-0.05, 0) is 50.5 Å². The maximum atomic E-state index is 13.1. The van der Waals surface area contributed by atoms with Crippen LogP contribution in [-0.2, 0) is 23.6 Å². The van der Waals surface area contributed by atoms with Crippen LogP contribution in [0.15, 0.2) is 38.8 Å². The molecule has 0 bridgehead atoms. The maximum absolute atomic E-state index is 13.1. The molecule has 2 aromatic rings. The van der Waals surface area contributed by atoms with Gasteiger partial charge in [-0.3, -0.25) is 13.9 Å². The molecule has 31 heavy (non-hydrogen) atoms. The number of benzene rings is 1.